The number of carbonyl (C=O) groups excluding carboxylic acids is 1. The van der Waals surface area contributed by atoms with Crippen molar-refractivity contribution < 1.29 is 13.2 Å². The van der Waals surface area contributed by atoms with E-state index in [2.05, 4.69) is 33.0 Å². The first kappa shape index (κ1) is 18.5. The van der Waals surface area contributed by atoms with Gasteiger partial charge in [-0.1, -0.05) is 33.8 Å². The second-order valence-electron chi connectivity index (χ2n) is 6.27. The smallest absolute Gasteiger partial charge is 0.251 e. The zero-order valence-electron chi connectivity index (χ0n) is 14.1. The topological polar surface area (TPSA) is 66.5 Å². The number of hydrogen-bond acceptors (Lipinski definition) is 3. The molecule has 5 nitrogen and oxygen atoms in total. The Morgan fingerprint density at radius 1 is 1.14 bits per heavy atom. The van der Waals surface area contributed by atoms with Gasteiger partial charge >= 0.3 is 0 Å². The lowest BCUT2D eigenvalue weighted by atomic mass is 9.93. The Balaban J connectivity index is 3.01. The Kier molecular flexibility index (Phi) is 6.00. The third-order valence-corrected chi connectivity index (χ3v) is 4.91. The molecule has 0 bridgehead atoms. The van der Waals surface area contributed by atoms with E-state index in [0.717, 1.165) is 10.6 Å². The lowest BCUT2D eigenvalue weighted by molar-refractivity contribution is 0.0910. The van der Waals surface area contributed by atoms with Crippen LogP contribution in [-0.2, 0) is 10.0 Å². The maximum atomic E-state index is 12.4. The van der Waals surface area contributed by atoms with E-state index in [-0.39, 0.29) is 11.9 Å². The molecule has 0 aliphatic rings. The van der Waals surface area contributed by atoms with Gasteiger partial charge in [0.1, 0.15) is 0 Å². The van der Waals surface area contributed by atoms with Gasteiger partial charge in [0.05, 0.1) is 11.9 Å². The van der Waals surface area contributed by atoms with Gasteiger partial charge in [0.15, 0.2) is 0 Å². The number of amides is 1. The van der Waals surface area contributed by atoms with Crippen LogP contribution in [0.25, 0.3) is 0 Å². The predicted octanol–water partition coefficient (Wildman–Crippen LogP) is 2.49. The van der Waals surface area contributed by atoms with Gasteiger partial charge in [-0.15, -0.1) is 0 Å². The molecule has 0 aromatic heterocycles. The largest absolute Gasteiger partial charge is 0.349 e. The minimum Gasteiger partial charge on any atom is -0.349 e. The summed E-state index contributed by atoms with van der Waals surface area (Å²) in [6, 6.07) is 6.70. The van der Waals surface area contributed by atoms with Crippen molar-refractivity contribution >= 4 is 21.6 Å². The van der Waals surface area contributed by atoms with Gasteiger partial charge in [0.2, 0.25) is 10.0 Å². The lowest BCUT2D eigenvalue weighted by Gasteiger charge is -2.26. The minimum absolute atomic E-state index is 0.0730. The molecular formula is C16H26N2O3S. The zero-order valence-corrected chi connectivity index (χ0v) is 14.9. The van der Waals surface area contributed by atoms with E-state index < -0.39 is 10.0 Å². The van der Waals surface area contributed by atoms with Crippen LogP contribution < -0.4 is 9.62 Å². The third kappa shape index (κ3) is 4.73. The Morgan fingerprint density at radius 3 is 2.14 bits per heavy atom. The van der Waals surface area contributed by atoms with Crippen LogP contribution in [0.2, 0.25) is 0 Å². The molecule has 0 fully saturated rings. The summed E-state index contributed by atoms with van der Waals surface area (Å²) in [5.41, 5.74) is 0.931. The number of sulfonamides is 1. The zero-order chi connectivity index (χ0) is 17.1. The summed E-state index contributed by atoms with van der Waals surface area (Å²) in [5, 5.41) is 3.03. The summed E-state index contributed by atoms with van der Waals surface area (Å²) in [7, 11) is -1.88. The van der Waals surface area contributed by atoms with Crippen molar-refractivity contribution in [2.75, 3.05) is 17.6 Å². The molecule has 124 valence electrons. The quantitative estimate of drug-likeness (QED) is 0.873. The Labute approximate surface area is 133 Å². The van der Waals surface area contributed by atoms with Crippen LogP contribution in [-0.4, -0.2) is 33.7 Å². The highest BCUT2D eigenvalue weighted by molar-refractivity contribution is 7.92. The number of nitrogens with zero attached hydrogens (tertiary/aromatic N) is 1. The third-order valence-electron chi connectivity index (χ3n) is 3.70. The highest BCUT2D eigenvalue weighted by atomic mass is 32.2. The van der Waals surface area contributed by atoms with E-state index in [4.69, 9.17) is 0 Å². The Hall–Kier alpha value is -1.56. The van der Waals surface area contributed by atoms with Crippen LogP contribution in [0.5, 0.6) is 0 Å². The molecule has 0 unspecified atom stereocenters. The van der Waals surface area contributed by atoms with E-state index in [1.807, 2.05) is 0 Å². The molecule has 1 rings (SSSR count). The van der Waals surface area contributed by atoms with E-state index in [9.17, 15) is 13.2 Å². The molecule has 0 saturated carbocycles. The lowest BCUT2D eigenvalue weighted by Crippen LogP contribution is -2.42. The Bertz CT molecular complexity index is 616. The molecule has 1 N–H and O–H groups in total. The average Bonchev–Trinajstić information content (AvgIpc) is 2.42. The number of carbonyl (C=O) groups is 1. The molecule has 22 heavy (non-hydrogen) atoms. The monoisotopic (exact) mass is 326 g/mol. The van der Waals surface area contributed by atoms with Crippen molar-refractivity contribution in [1.29, 1.82) is 0 Å². The first-order valence-corrected chi connectivity index (χ1v) is 9.23. The van der Waals surface area contributed by atoms with Crippen LogP contribution in [0.15, 0.2) is 24.3 Å². The summed E-state index contributed by atoms with van der Waals surface area (Å²) < 4.78 is 24.3. The maximum Gasteiger partial charge on any atom is 0.251 e. The maximum absolute atomic E-state index is 12.4. The first-order valence-electron chi connectivity index (χ1n) is 7.39. The van der Waals surface area contributed by atoms with Crippen molar-refractivity contribution in [3.8, 4) is 0 Å². The second kappa shape index (κ2) is 7.13. The molecule has 0 spiro atoms. The number of benzene rings is 1. The number of hydrogen-bond donors (Lipinski definition) is 1. The van der Waals surface area contributed by atoms with Crippen LogP contribution >= 0.6 is 0 Å². The SMILES string of the molecule is CC(C)C(NC(=O)c1cccc(N(C)S(C)(=O)=O)c1)C(C)C. The number of rotatable bonds is 6. The fraction of sp³-hybridized carbons (Fsp3) is 0.562. The summed E-state index contributed by atoms with van der Waals surface area (Å²) in [6.45, 7) is 8.27. The van der Waals surface area contributed by atoms with Crippen molar-refractivity contribution in [2.24, 2.45) is 11.8 Å². The number of anilines is 1. The second-order valence-corrected chi connectivity index (χ2v) is 8.28. The van der Waals surface area contributed by atoms with Crippen LogP contribution in [0.3, 0.4) is 0 Å². The van der Waals surface area contributed by atoms with Gasteiger partial charge in [-0.05, 0) is 30.0 Å². The molecule has 1 aromatic rings. The molecule has 1 aromatic carbocycles. The van der Waals surface area contributed by atoms with Crippen LogP contribution in [0.4, 0.5) is 5.69 Å². The van der Waals surface area contributed by atoms with Gasteiger partial charge in [-0.3, -0.25) is 9.10 Å². The predicted molar refractivity (Wildman–Crippen MR) is 90.6 cm³/mol. The highest BCUT2D eigenvalue weighted by Gasteiger charge is 2.21. The fourth-order valence-corrected chi connectivity index (χ4v) is 2.87. The number of nitrogens with one attached hydrogen (secondary N) is 1. The highest BCUT2D eigenvalue weighted by Crippen LogP contribution is 2.18. The standard InChI is InChI=1S/C16H26N2O3S/c1-11(2)15(12(3)4)17-16(19)13-8-7-9-14(10-13)18(5)22(6,20)21/h7-12,15H,1-6H3,(H,17,19). The van der Waals surface area contributed by atoms with Gasteiger partial charge in [0.25, 0.3) is 5.91 Å². The van der Waals surface area contributed by atoms with E-state index in [1.54, 1.807) is 24.3 Å². The van der Waals surface area contributed by atoms with Gasteiger partial charge in [-0.2, -0.15) is 0 Å². The van der Waals surface area contributed by atoms with E-state index in [1.165, 1.54) is 7.05 Å². The van der Waals surface area contributed by atoms with Crippen molar-refractivity contribution in [3.05, 3.63) is 29.8 Å². The summed E-state index contributed by atoms with van der Waals surface area (Å²) in [5.74, 6) is 0.466. The van der Waals surface area contributed by atoms with Crippen molar-refractivity contribution in [1.82, 2.24) is 5.32 Å². The average molecular weight is 326 g/mol. The first-order chi connectivity index (χ1) is 10.0. The van der Waals surface area contributed by atoms with Gasteiger partial charge < -0.3 is 5.32 Å². The molecule has 1 amide bonds. The van der Waals surface area contributed by atoms with Gasteiger partial charge in [-0.25, -0.2) is 8.42 Å². The van der Waals surface area contributed by atoms with Gasteiger partial charge in [0, 0.05) is 18.7 Å². The molecule has 6 heteroatoms. The molecule has 0 heterocycles. The molecule has 0 radical (unpaired) electrons. The normalized spacial score (nSPS) is 12.0. The summed E-state index contributed by atoms with van der Waals surface area (Å²) in [6.07, 6.45) is 1.13. The molecular weight excluding hydrogens is 300 g/mol. The summed E-state index contributed by atoms with van der Waals surface area (Å²) in [4.78, 5) is 12.4. The van der Waals surface area contributed by atoms with Crippen LogP contribution in [0, 0.1) is 11.8 Å². The molecule has 0 saturated heterocycles. The molecule has 0 aliphatic carbocycles. The molecule has 0 atom stereocenters. The van der Waals surface area contributed by atoms with Crippen LogP contribution in [0.1, 0.15) is 38.1 Å². The fourth-order valence-electron chi connectivity index (χ4n) is 2.37. The van der Waals surface area contributed by atoms with Crippen molar-refractivity contribution in [3.63, 3.8) is 0 Å². The minimum atomic E-state index is -3.35. The van der Waals surface area contributed by atoms with E-state index in [0.29, 0.717) is 23.1 Å². The van der Waals surface area contributed by atoms with E-state index >= 15 is 0 Å². The Morgan fingerprint density at radius 2 is 1.68 bits per heavy atom. The molecule has 0 aliphatic heterocycles. The van der Waals surface area contributed by atoms with Crippen molar-refractivity contribution in [2.45, 2.75) is 33.7 Å². The summed E-state index contributed by atoms with van der Waals surface area (Å²) >= 11 is 0.